The number of nitrogens with two attached hydrogens (primary N) is 1. The van der Waals surface area contributed by atoms with Gasteiger partial charge in [0, 0.05) is 20.5 Å². The second-order valence-electron chi connectivity index (χ2n) is 4.10. The molecule has 0 saturated heterocycles. The molecular weight excluding hydrogens is 246 g/mol. The Bertz CT molecular complexity index is 808. The molecule has 90 valence electrons. The van der Waals surface area contributed by atoms with Crippen molar-refractivity contribution in [3.63, 3.8) is 0 Å². The predicted molar refractivity (Wildman–Crippen MR) is 75.9 cm³/mol. The van der Waals surface area contributed by atoms with Crippen molar-refractivity contribution < 1.29 is 5.11 Å². The molecule has 0 bridgehead atoms. The molecule has 3 nitrogen and oxygen atoms in total. The molecule has 0 saturated carbocycles. The van der Waals surface area contributed by atoms with E-state index in [-0.39, 0.29) is 12.0 Å². The van der Waals surface area contributed by atoms with Crippen LogP contribution in [0.4, 0.5) is 5.69 Å². The number of hydrogen-bond acceptors (Lipinski definition) is 4. The summed E-state index contributed by atoms with van der Waals surface area (Å²) in [6.07, 6.45) is 0. The maximum atomic E-state index is 12.4. The van der Waals surface area contributed by atoms with Gasteiger partial charge in [0.1, 0.15) is 0 Å². The Morgan fingerprint density at radius 2 is 1.94 bits per heavy atom. The van der Waals surface area contributed by atoms with Crippen LogP contribution in [-0.2, 0) is 6.61 Å². The van der Waals surface area contributed by atoms with Gasteiger partial charge in [-0.05, 0) is 23.8 Å². The Morgan fingerprint density at radius 3 is 2.72 bits per heavy atom. The smallest absolute Gasteiger partial charge is 0.197 e. The topological polar surface area (TPSA) is 63.3 Å². The highest BCUT2D eigenvalue weighted by atomic mass is 32.1. The van der Waals surface area contributed by atoms with Gasteiger partial charge in [-0.3, -0.25) is 4.79 Å². The zero-order chi connectivity index (χ0) is 12.7. The van der Waals surface area contributed by atoms with Gasteiger partial charge in [0.15, 0.2) is 5.43 Å². The summed E-state index contributed by atoms with van der Waals surface area (Å²) in [5.74, 6) is 0. The predicted octanol–water partition coefficient (Wildman–Crippen LogP) is 2.49. The molecule has 18 heavy (non-hydrogen) atoms. The molecule has 0 fully saturated rings. The van der Waals surface area contributed by atoms with E-state index in [1.807, 2.05) is 18.2 Å². The molecule has 0 spiro atoms. The maximum absolute atomic E-state index is 12.4. The summed E-state index contributed by atoms with van der Waals surface area (Å²) >= 11 is 1.49. The van der Waals surface area contributed by atoms with E-state index in [4.69, 9.17) is 5.73 Å². The molecule has 0 atom stereocenters. The van der Waals surface area contributed by atoms with Crippen LogP contribution in [0.1, 0.15) is 5.56 Å². The van der Waals surface area contributed by atoms with Gasteiger partial charge < -0.3 is 10.8 Å². The van der Waals surface area contributed by atoms with E-state index in [0.717, 1.165) is 15.0 Å². The standard InChI is InChI=1S/C14H11NO2S/c15-10-6-5-8(7-16)14-12(10)13(17)9-3-1-2-4-11(9)18-14/h1-6,16H,7,15H2. The summed E-state index contributed by atoms with van der Waals surface area (Å²) in [5, 5.41) is 10.5. The Balaban J connectivity index is 2.63. The average molecular weight is 257 g/mol. The van der Waals surface area contributed by atoms with E-state index >= 15 is 0 Å². The van der Waals surface area contributed by atoms with Gasteiger partial charge in [-0.15, -0.1) is 11.3 Å². The lowest BCUT2D eigenvalue weighted by Crippen LogP contribution is -2.05. The van der Waals surface area contributed by atoms with Gasteiger partial charge in [0.2, 0.25) is 0 Å². The van der Waals surface area contributed by atoms with Gasteiger partial charge in [-0.2, -0.15) is 0 Å². The third-order valence-corrected chi connectivity index (χ3v) is 4.26. The van der Waals surface area contributed by atoms with Crippen molar-refractivity contribution in [2.75, 3.05) is 5.73 Å². The van der Waals surface area contributed by atoms with Crippen molar-refractivity contribution in [2.24, 2.45) is 0 Å². The van der Waals surface area contributed by atoms with Crippen molar-refractivity contribution >= 4 is 37.2 Å². The minimum Gasteiger partial charge on any atom is -0.398 e. The summed E-state index contributed by atoms with van der Waals surface area (Å²) in [5.41, 5.74) is 7.04. The summed E-state index contributed by atoms with van der Waals surface area (Å²) < 4.78 is 1.69. The third kappa shape index (κ3) is 1.50. The summed E-state index contributed by atoms with van der Waals surface area (Å²) in [6.45, 7) is -0.0922. The Kier molecular flexibility index (Phi) is 2.54. The first-order valence-corrected chi connectivity index (χ1v) is 6.38. The fourth-order valence-corrected chi connectivity index (χ4v) is 3.32. The lowest BCUT2D eigenvalue weighted by atomic mass is 10.1. The molecule has 1 heterocycles. The third-order valence-electron chi connectivity index (χ3n) is 3.01. The van der Waals surface area contributed by atoms with Crippen LogP contribution in [0.3, 0.4) is 0 Å². The highest BCUT2D eigenvalue weighted by molar-refractivity contribution is 7.24. The van der Waals surface area contributed by atoms with Crippen LogP contribution < -0.4 is 11.2 Å². The summed E-state index contributed by atoms with van der Waals surface area (Å²) in [7, 11) is 0. The number of anilines is 1. The molecule has 0 unspecified atom stereocenters. The largest absolute Gasteiger partial charge is 0.398 e. The number of nitrogen functional groups attached to an aromatic ring is 1. The molecule has 0 radical (unpaired) electrons. The number of aliphatic hydroxyl groups excluding tert-OH is 1. The first kappa shape index (κ1) is 11.2. The highest BCUT2D eigenvalue weighted by Crippen LogP contribution is 2.30. The van der Waals surface area contributed by atoms with E-state index in [2.05, 4.69) is 0 Å². The van der Waals surface area contributed by atoms with Crippen LogP contribution in [0, 0.1) is 0 Å². The second kappa shape index (κ2) is 4.08. The molecule has 0 aliphatic carbocycles. The van der Waals surface area contributed by atoms with Crippen LogP contribution in [0.2, 0.25) is 0 Å². The molecule has 3 N–H and O–H groups in total. The van der Waals surface area contributed by atoms with Crippen LogP contribution in [0.15, 0.2) is 41.2 Å². The minimum atomic E-state index is -0.0922. The first-order valence-electron chi connectivity index (χ1n) is 5.56. The molecule has 1 aromatic heterocycles. The fraction of sp³-hybridized carbons (Fsp3) is 0.0714. The van der Waals surface area contributed by atoms with Crippen molar-refractivity contribution in [3.8, 4) is 0 Å². The zero-order valence-corrected chi connectivity index (χ0v) is 10.3. The quantitative estimate of drug-likeness (QED) is 0.520. The Hall–Kier alpha value is -1.91. The lowest BCUT2D eigenvalue weighted by Gasteiger charge is -2.07. The number of rotatable bonds is 1. The molecule has 2 aromatic carbocycles. The molecule has 3 rings (SSSR count). The number of benzene rings is 2. The SMILES string of the molecule is Nc1ccc(CO)c2sc3ccccc3c(=O)c12. The monoisotopic (exact) mass is 257 g/mol. The second-order valence-corrected chi connectivity index (χ2v) is 5.16. The van der Waals surface area contributed by atoms with E-state index in [0.29, 0.717) is 16.5 Å². The molecular formula is C14H11NO2S. The Labute approximate surface area is 107 Å². The van der Waals surface area contributed by atoms with E-state index < -0.39 is 0 Å². The van der Waals surface area contributed by atoms with Gasteiger partial charge in [0.25, 0.3) is 0 Å². The van der Waals surface area contributed by atoms with Crippen molar-refractivity contribution in [3.05, 3.63) is 52.2 Å². The van der Waals surface area contributed by atoms with Crippen molar-refractivity contribution in [1.29, 1.82) is 0 Å². The van der Waals surface area contributed by atoms with E-state index in [9.17, 15) is 9.90 Å². The number of fused-ring (bicyclic) bond motifs is 2. The van der Waals surface area contributed by atoms with Gasteiger partial charge in [0.05, 0.1) is 12.0 Å². The van der Waals surface area contributed by atoms with Crippen LogP contribution >= 0.6 is 11.3 Å². The van der Waals surface area contributed by atoms with Crippen molar-refractivity contribution in [1.82, 2.24) is 0 Å². The lowest BCUT2D eigenvalue weighted by molar-refractivity contribution is 0.283. The maximum Gasteiger partial charge on any atom is 0.197 e. The molecule has 0 aliphatic heterocycles. The molecule has 4 heteroatoms. The molecule has 0 aliphatic rings. The molecule has 3 aromatic rings. The first-order chi connectivity index (χ1) is 8.72. The van der Waals surface area contributed by atoms with Gasteiger partial charge >= 0.3 is 0 Å². The van der Waals surface area contributed by atoms with Crippen LogP contribution in [0.25, 0.3) is 20.2 Å². The Morgan fingerprint density at radius 1 is 1.17 bits per heavy atom. The van der Waals surface area contributed by atoms with Crippen LogP contribution in [0.5, 0.6) is 0 Å². The van der Waals surface area contributed by atoms with Gasteiger partial charge in [-0.25, -0.2) is 0 Å². The van der Waals surface area contributed by atoms with E-state index in [1.54, 1.807) is 18.2 Å². The minimum absolute atomic E-state index is 0.0628. The number of hydrogen-bond donors (Lipinski definition) is 2. The van der Waals surface area contributed by atoms with E-state index in [1.165, 1.54) is 11.3 Å². The fourth-order valence-electron chi connectivity index (χ4n) is 2.10. The van der Waals surface area contributed by atoms with Crippen LogP contribution in [-0.4, -0.2) is 5.11 Å². The number of aliphatic hydroxyl groups is 1. The average Bonchev–Trinajstić information content (AvgIpc) is 2.39. The van der Waals surface area contributed by atoms with Gasteiger partial charge in [-0.1, -0.05) is 18.2 Å². The molecule has 0 amide bonds. The summed E-state index contributed by atoms with van der Waals surface area (Å²) in [6, 6.07) is 10.9. The van der Waals surface area contributed by atoms with Crippen molar-refractivity contribution in [2.45, 2.75) is 6.61 Å². The summed E-state index contributed by atoms with van der Waals surface area (Å²) in [4.78, 5) is 12.4. The highest BCUT2D eigenvalue weighted by Gasteiger charge is 2.11. The zero-order valence-electron chi connectivity index (χ0n) is 9.51. The normalized spacial score (nSPS) is 11.2.